The van der Waals surface area contributed by atoms with Crippen molar-refractivity contribution in [3.8, 4) is 0 Å². The van der Waals surface area contributed by atoms with Crippen molar-refractivity contribution in [3.05, 3.63) is 64.7 Å². The van der Waals surface area contributed by atoms with Crippen LogP contribution in [0.5, 0.6) is 0 Å². The fraction of sp³-hybridized carbons (Fsp3) is 0.350. The molecule has 0 saturated heterocycles. The van der Waals surface area contributed by atoms with E-state index in [1.54, 1.807) is 4.72 Å². The Morgan fingerprint density at radius 1 is 0.931 bits per heavy atom. The van der Waals surface area contributed by atoms with Crippen molar-refractivity contribution < 1.29 is 22.0 Å². The highest BCUT2D eigenvalue weighted by atomic mass is 32.2. The van der Waals surface area contributed by atoms with Crippen molar-refractivity contribution in [3.63, 3.8) is 0 Å². The normalized spacial score (nSPS) is 11.8. The average Bonchev–Trinajstić information content (AvgIpc) is 2.60. The summed E-state index contributed by atoms with van der Waals surface area (Å²) >= 11 is 0. The number of nitrogens with one attached hydrogen (secondary N) is 3. The molecule has 0 spiro atoms. The number of hydrogen-bond acceptors (Lipinski definition) is 3. The van der Waals surface area contributed by atoms with Gasteiger partial charge in [0.25, 0.3) is 0 Å². The number of benzene rings is 2. The fourth-order valence-electron chi connectivity index (χ4n) is 2.56. The molecule has 0 aliphatic heterocycles. The number of urea groups is 1. The first-order valence-corrected chi connectivity index (χ1v) is 10.8. The largest absolute Gasteiger partial charge is 0.334 e. The number of hydrogen-bond donors (Lipinski definition) is 3. The Kier molecular flexibility index (Phi) is 6.84. The van der Waals surface area contributed by atoms with Crippen molar-refractivity contribution in [1.29, 1.82) is 0 Å². The summed E-state index contributed by atoms with van der Waals surface area (Å²) in [4.78, 5) is 11.9. The Hall–Kier alpha value is -2.68. The molecule has 0 aliphatic rings. The molecule has 0 radical (unpaired) electrons. The standard InChI is InChI=1S/C20H25F2N3O3S/c1-20(2,3)15-7-5-13(6-8-15)11-23-19(26)24-12-14-9-16(21)18(17(22)10-14)25-29(4,27)28/h5-10,25H,11-12H2,1-4H3,(H2,23,24,26). The van der Waals surface area contributed by atoms with Gasteiger partial charge in [0.2, 0.25) is 10.0 Å². The Morgan fingerprint density at radius 2 is 1.41 bits per heavy atom. The second-order valence-corrected chi connectivity index (χ2v) is 9.54. The highest BCUT2D eigenvalue weighted by Gasteiger charge is 2.15. The van der Waals surface area contributed by atoms with Gasteiger partial charge in [-0.3, -0.25) is 4.72 Å². The van der Waals surface area contributed by atoms with Crippen LogP contribution in [0.2, 0.25) is 0 Å². The van der Waals surface area contributed by atoms with E-state index in [4.69, 9.17) is 0 Å². The smallest absolute Gasteiger partial charge is 0.315 e. The molecule has 2 amide bonds. The Balaban J connectivity index is 1.91. The Morgan fingerprint density at radius 3 is 1.86 bits per heavy atom. The molecule has 0 unspecified atom stereocenters. The molecule has 29 heavy (non-hydrogen) atoms. The van der Waals surface area contributed by atoms with Gasteiger partial charge in [-0.15, -0.1) is 0 Å². The topological polar surface area (TPSA) is 87.3 Å². The monoisotopic (exact) mass is 425 g/mol. The molecule has 0 aromatic heterocycles. The van der Waals surface area contributed by atoms with Crippen LogP contribution in [0.4, 0.5) is 19.3 Å². The van der Waals surface area contributed by atoms with E-state index >= 15 is 0 Å². The van der Waals surface area contributed by atoms with Gasteiger partial charge in [-0.25, -0.2) is 22.0 Å². The lowest BCUT2D eigenvalue weighted by Gasteiger charge is -2.19. The number of anilines is 1. The Bertz CT molecular complexity index is 962. The first-order valence-electron chi connectivity index (χ1n) is 8.92. The van der Waals surface area contributed by atoms with Crippen molar-refractivity contribution >= 4 is 21.7 Å². The third kappa shape index (κ3) is 7.01. The Labute approximate surface area is 169 Å². The first-order chi connectivity index (χ1) is 13.3. The minimum absolute atomic E-state index is 0.0419. The number of sulfonamides is 1. The van der Waals surface area contributed by atoms with Crippen LogP contribution in [0.1, 0.15) is 37.5 Å². The van der Waals surface area contributed by atoms with Gasteiger partial charge in [0, 0.05) is 13.1 Å². The third-order valence-electron chi connectivity index (χ3n) is 4.12. The molecule has 2 aromatic carbocycles. The van der Waals surface area contributed by atoms with Crippen molar-refractivity contribution in [2.75, 3.05) is 11.0 Å². The lowest BCUT2D eigenvalue weighted by atomic mass is 9.87. The van der Waals surface area contributed by atoms with Gasteiger partial charge >= 0.3 is 6.03 Å². The maximum absolute atomic E-state index is 14.0. The predicted molar refractivity (Wildman–Crippen MR) is 109 cm³/mol. The van der Waals surface area contributed by atoms with Crippen LogP contribution in [-0.2, 0) is 28.5 Å². The quantitative estimate of drug-likeness (QED) is 0.660. The second-order valence-electron chi connectivity index (χ2n) is 7.79. The van der Waals surface area contributed by atoms with Crippen molar-refractivity contribution in [1.82, 2.24) is 10.6 Å². The molecule has 2 aromatic rings. The van der Waals surface area contributed by atoms with E-state index in [2.05, 4.69) is 31.4 Å². The molecule has 0 heterocycles. The molecular weight excluding hydrogens is 400 g/mol. The molecule has 158 valence electrons. The lowest BCUT2D eigenvalue weighted by molar-refractivity contribution is 0.240. The SMILES string of the molecule is CC(C)(C)c1ccc(CNC(=O)NCc2cc(F)c(NS(C)(=O)=O)c(F)c2)cc1. The number of carbonyl (C=O) groups excluding carboxylic acids is 1. The first kappa shape index (κ1) is 22.6. The van der Waals surface area contributed by atoms with E-state index in [0.717, 1.165) is 24.0 Å². The van der Waals surface area contributed by atoms with Crippen LogP contribution in [0.15, 0.2) is 36.4 Å². The van der Waals surface area contributed by atoms with Gasteiger partial charge in [0.05, 0.1) is 6.26 Å². The summed E-state index contributed by atoms with van der Waals surface area (Å²) < 4.78 is 52.0. The zero-order valence-corrected chi connectivity index (χ0v) is 17.6. The van der Waals surface area contributed by atoms with Crippen molar-refractivity contribution in [2.24, 2.45) is 0 Å². The number of amides is 2. The second kappa shape index (κ2) is 8.77. The van der Waals surface area contributed by atoms with Crippen molar-refractivity contribution in [2.45, 2.75) is 39.3 Å². The summed E-state index contributed by atoms with van der Waals surface area (Å²) in [6.07, 6.45) is 0.794. The predicted octanol–water partition coefficient (Wildman–Crippen LogP) is 3.63. The van der Waals surface area contributed by atoms with Crippen LogP contribution in [0, 0.1) is 11.6 Å². The van der Waals surface area contributed by atoms with E-state index in [0.29, 0.717) is 6.54 Å². The maximum Gasteiger partial charge on any atom is 0.315 e. The average molecular weight is 426 g/mol. The van der Waals surface area contributed by atoms with Crippen LogP contribution < -0.4 is 15.4 Å². The van der Waals surface area contributed by atoms with Gasteiger partial charge < -0.3 is 10.6 Å². The molecule has 0 saturated carbocycles. The molecule has 0 bridgehead atoms. The van der Waals surface area contributed by atoms with E-state index in [9.17, 15) is 22.0 Å². The van der Waals surface area contributed by atoms with Crippen LogP contribution in [0.25, 0.3) is 0 Å². The van der Waals surface area contributed by atoms with E-state index in [1.165, 1.54) is 5.56 Å². The highest BCUT2D eigenvalue weighted by Crippen LogP contribution is 2.23. The molecule has 0 fully saturated rings. The molecular formula is C20H25F2N3O3S. The maximum atomic E-state index is 14.0. The number of halogens is 2. The summed E-state index contributed by atoms with van der Waals surface area (Å²) in [5.74, 6) is -2.13. The molecule has 0 aliphatic carbocycles. The van der Waals surface area contributed by atoms with E-state index in [-0.39, 0.29) is 17.5 Å². The van der Waals surface area contributed by atoms with Crippen LogP contribution >= 0.6 is 0 Å². The highest BCUT2D eigenvalue weighted by molar-refractivity contribution is 7.92. The van der Waals surface area contributed by atoms with Gasteiger partial charge in [0.15, 0.2) is 11.6 Å². The minimum atomic E-state index is -3.82. The summed E-state index contributed by atoms with van der Waals surface area (Å²) in [7, 11) is -3.82. The molecule has 2 rings (SSSR count). The zero-order chi connectivity index (χ0) is 21.8. The summed E-state index contributed by atoms with van der Waals surface area (Å²) in [5.41, 5.74) is 1.55. The molecule has 0 atom stereocenters. The van der Waals surface area contributed by atoms with Gasteiger partial charge in [-0.2, -0.15) is 0 Å². The fourth-order valence-corrected chi connectivity index (χ4v) is 3.13. The summed E-state index contributed by atoms with van der Waals surface area (Å²) in [5, 5.41) is 5.17. The van der Waals surface area contributed by atoms with Gasteiger partial charge in [-0.05, 0) is 34.2 Å². The van der Waals surface area contributed by atoms with E-state index < -0.39 is 33.4 Å². The summed E-state index contributed by atoms with van der Waals surface area (Å²) in [6.45, 7) is 6.52. The number of rotatable bonds is 6. The van der Waals surface area contributed by atoms with E-state index in [1.807, 2.05) is 24.3 Å². The summed E-state index contributed by atoms with van der Waals surface area (Å²) in [6, 6.07) is 9.30. The van der Waals surface area contributed by atoms with Gasteiger partial charge in [-0.1, -0.05) is 45.0 Å². The van der Waals surface area contributed by atoms with Crippen LogP contribution in [-0.4, -0.2) is 20.7 Å². The number of carbonyl (C=O) groups is 1. The molecule has 9 heteroatoms. The minimum Gasteiger partial charge on any atom is -0.334 e. The van der Waals surface area contributed by atoms with Crippen LogP contribution in [0.3, 0.4) is 0 Å². The zero-order valence-electron chi connectivity index (χ0n) is 16.8. The lowest BCUT2D eigenvalue weighted by Crippen LogP contribution is -2.34. The van der Waals surface area contributed by atoms with Gasteiger partial charge in [0.1, 0.15) is 5.69 Å². The molecule has 6 nitrogen and oxygen atoms in total. The third-order valence-corrected chi connectivity index (χ3v) is 4.69. The molecule has 3 N–H and O–H groups in total.